The van der Waals surface area contributed by atoms with Crippen LogP contribution >= 0.6 is 0 Å². The number of aliphatic imine (C=N–C) groups is 2. The van der Waals surface area contributed by atoms with Gasteiger partial charge in [-0.1, -0.05) is 31.0 Å². The summed E-state index contributed by atoms with van der Waals surface area (Å²) in [7, 11) is 0. The summed E-state index contributed by atoms with van der Waals surface area (Å²) in [4.78, 5) is 29.0. The lowest BCUT2D eigenvalue weighted by Crippen LogP contribution is -2.19. The highest BCUT2D eigenvalue weighted by molar-refractivity contribution is 5.61. The SMILES string of the molecule is Cc1cccc(C2(N=C=O)CCCC2)c1N=C=O. The van der Waals surface area contributed by atoms with Crippen LogP contribution in [0.5, 0.6) is 0 Å². The second-order valence-electron chi connectivity index (χ2n) is 4.62. The maximum absolute atomic E-state index is 10.7. The fraction of sp³-hybridized carbons (Fsp3) is 0.429. The molecular weight excluding hydrogens is 228 g/mol. The van der Waals surface area contributed by atoms with Crippen LogP contribution in [0.15, 0.2) is 28.2 Å². The Morgan fingerprint density at radius 2 is 1.89 bits per heavy atom. The second kappa shape index (κ2) is 5.09. The third kappa shape index (κ3) is 2.04. The van der Waals surface area contributed by atoms with E-state index in [1.165, 1.54) is 0 Å². The lowest BCUT2D eigenvalue weighted by molar-refractivity contribution is 0.456. The van der Waals surface area contributed by atoms with Crippen molar-refractivity contribution in [2.75, 3.05) is 0 Å². The number of hydrogen-bond acceptors (Lipinski definition) is 4. The number of nitrogens with zero attached hydrogens (tertiary/aromatic N) is 2. The molecule has 0 unspecified atom stereocenters. The number of para-hydroxylation sites is 1. The molecule has 4 nitrogen and oxygen atoms in total. The molecule has 0 heterocycles. The van der Waals surface area contributed by atoms with E-state index in [-0.39, 0.29) is 0 Å². The number of isocyanates is 2. The van der Waals surface area contributed by atoms with Crippen LogP contribution in [0.25, 0.3) is 0 Å². The van der Waals surface area contributed by atoms with Crippen molar-refractivity contribution in [1.29, 1.82) is 0 Å². The maximum Gasteiger partial charge on any atom is 0.240 e. The molecule has 0 radical (unpaired) electrons. The van der Waals surface area contributed by atoms with Gasteiger partial charge in [0.05, 0.1) is 5.69 Å². The number of benzene rings is 1. The molecule has 18 heavy (non-hydrogen) atoms. The fourth-order valence-electron chi connectivity index (χ4n) is 2.72. The van der Waals surface area contributed by atoms with E-state index in [4.69, 9.17) is 0 Å². The van der Waals surface area contributed by atoms with E-state index in [1.54, 1.807) is 12.2 Å². The third-order valence-electron chi connectivity index (χ3n) is 3.59. The second-order valence-corrected chi connectivity index (χ2v) is 4.62. The summed E-state index contributed by atoms with van der Waals surface area (Å²) in [6.07, 6.45) is 6.89. The van der Waals surface area contributed by atoms with E-state index < -0.39 is 5.54 Å². The summed E-state index contributed by atoms with van der Waals surface area (Å²) >= 11 is 0. The topological polar surface area (TPSA) is 58.9 Å². The summed E-state index contributed by atoms with van der Waals surface area (Å²) in [6, 6.07) is 5.66. The monoisotopic (exact) mass is 242 g/mol. The van der Waals surface area contributed by atoms with Crippen molar-refractivity contribution in [2.45, 2.75) is 38.1 Å². The smallest absolute Gasteiger partial charge is 0.211 e. The molecule has 1 saturated carbocycles. The highest BCUT2D eigenvalue weighted by Gasteiger charge is 2.37. The lowest BCUT2D eigenvalue weighted by Gasteiger charge is -2.24. The molecule has 0 amide bonds. The van der Waals surface area contributed by atoms with Gasteiger partial charge in [0.25, 0.3) is 0 Å². The predicted molar refractivity (Wildman–Crippen MR) is 67.2 cm³/mol. The summed E-state index contributed by atoms with van der Waals surface area (Å²) in [5.41, 5.74) is 1.77. The molecule has 2 rings (SSSR count). The normalized spacial score (nSPS) is 16.7. The zero-order chi connectivity index (χ0) is 13.0. The Kier molecular flexibility index (Phi) is 3.52. The summed E-state index contributed by atoms with van der Waals surface area (Å²) < 4.78 is 0. The van der Waals surface area contributed by atoms with Crippen LogP contribution in [0.2, 0.25) is 0 Å². The Morgan fingerprint density at radius 3 is 2.50 bits per heavy atom. The van der Waals surface area contributed by atoms with E-state index >= 15 is 0 Å². The molecule has 1 fully saturated rings. The van der Waals surface area contributed by atoms with Crippen molar-refractivity contribution in [2.24, 2.45) is 9.98 Å². The lowest BCUT2D eigenvalue weighted by atomic mass is 9.86. The van der Waals surface area contributed by atoms with E-state index in [1.807, 2.05) is 25.1 Å². The Balaban J connectivity index is 2.65. The van der Waals surface area contributed by atoms with Crippen molar-refractivity contribution >= 4 is 17.8 Å². The zero-order valence-electron chi connectivity index (χ0n) is 10.3. The van der Waals surface area contributed by atoms with Gasteiger partial charge in [-0.2, -0.15) is 9.98 Å². The minimum atomic E-state index is -0.552. The van der Waals surface area contributed by atoms with E-state index in [0.29, 0.717) is 5.69 Å². The standard InChI is InChI=1S/C14H14N2O2/c1-11-5-4-6-12(13(11)15-9-17)14(16-10-18)7-2-3-8-14/h4-6H,2-3,7-8H2,1H3. The number of carbonyl (C=O) groups excluding carboxylic acids is 2. The van der Waals surface area contributed by atoms with Gasteiger partial charge in [0, 0.05) is 5.56 Å². The number of hydrogen-bond donors (Lipinski definition) is 0. The van der Waals surface area contributed by atoms with Crippen molar-refractivity contribution in [3.05, 3.63) is 29.3 Å². The van der Waals surface area contributed by atoms with Crippen LogP contribution in [-0.4, -0.2) is 12.2 Å². The number of rotatable bonds is 3. The largest absolute Gasteiger partial charge is 0.240 e. The van der Waals surface area contributed by atoms with Gasteiger partial charge in [-0.25, -0.2) is 9.59 Å². The third-order valence-corrected chi connectivity index (χ3v) is 3.59. The summed E-state index contributed by atoms with van der Waals surface area (Å²) in [6.45, 7) is 1.88. The van der Waals surface area contributed by atoms with Gasteiger partial charge in [0.15, 0.2) is 0 Å². The molecule has 0 spiro atoms. The van der Waals surface area contributed by atoms with Crippen LogP contribution in [0.3, 0.4) is 0 Å². The minimum Gasteiger partial charge on any atom is -0.211 e. The van der Waals surface area contributed by atoms with Crippen molar-refractivity contribution in [3.63, 3.8) is 0 Å². The highest BCUT2D eigenvalue weighted by Crippen LogP contribution is 2.46. The molecule has 0 aliphatic heterocycles. The van der Waals surface area contributed by atoms with Gasteiger partial charge in [0.2, 0.25) is 12.2 Å². The van der Waals surface area contributed by atoms with Gasteiger partial charge in [0.1, 0.15) is 5.54 Å². The van der Waals surface area contributed by atoms with Crippen molar-refractivity contribution in [1.82, 2.24) is 0 Å². The van der Waals surface area contributed by atoms with Crippen LogP contribution in [0.4, 0.5) is 5.69 Å². The highest BCUT2D eigenvalue weighted by atomic mass is 16.1. The van der Waals surface area contributed by atoms with Gasteiger partial charge in [-0.05, 0) is 25.3 Å². The van der Waals surface area contributed by atoms with Gasteiger partial charge < -0.3 is 0 Å². The van der Waals surface area contributed by atoms with Crippen LogP contribution in [0.1, 0.15) is 36.8 Å². The van der Waals surface area contributed by atoms with Gasteiger partial charge >= 0.3 is 0 Å². The van der Waals surface area contributed by atoms with Crippen molar-refractivity contribution < 1.29 is 9.59 Å². The van der Waals surface area contributed by atoms with Crippen LogP contribution in [-0.2, 0) is 15.1 Å². The Labute approximate surface area is 105 Å². The first-order valence-electron chi connectivity index (χ1n) is 6.00. The Morgan fingerprint density at radius 1 is 1.17 bits per heavy atom. The average Bonchev–Trinajstić information content (AvgIpc) is 2.82. The molecule has 1 aromatic carbocycles. The Hall–Kier alpha value is -2.02. The number of aryl methyl sites for hydroxylation is 1. The molecular formula is C14H14N2O2. The molecule has 1 aliphatic rings. The van der Waals surface area contributed by atoms with E-state index in [2.05, 4.69) is 9.98 Å². The quantitative estimate of drug-likeness (QED) is 0.604. The fourth-order valence-corrected chi connectivity index (χ4v) is 2.72. The van der Waals surface area contributed by atoms with Gasteiger partial charge in [-0.3, -0.25) is 0 Å². The Bertz CT molecular complexity index is 547. The minimum absolute atomic E-state index is 0.552. The first kappa shape index (κ1) is 12.4. The molecule has 1 aliphatic carbocycles. The van der Waals surface area contributed by atoms with Gasteiger partial charge in [-0.15, -0.1) is 0 Å². The summed E-state index contributed by atoms with van der Waals surface area (Å²) in [5.74, 6) is 0. The summed E-state index contributed by atoms with van der Waals surface area (Å²) in [5, 5.41) is 0. The van der Waals surface area contributed by atoms with E-state index in [9.17, 15) is 9.59 Å². The first-order chi connectivity index (χ1) is 8.73. The zero-order valence-corrected chi connectivity index (χ0v) is 10.3. The van der Waals surface area contributed by atoms with Crippen LogP contribution in [0, 0.1) is 6.92 Å². The molecule has 0 atom stereocenters. The molecule has 92 valence electrons. The van der Waals surface area contributed by atoms with Crippen molar-refractivity contribution in [3.8, 4) is 0 Å². The molecule has 0 aromatic heterocycles. The first-order valence-corrected chi connectivity index (χ1v) is 6.00. The molecule has 1 aromatic rings. The van der Waals surface area contributed by atoms with E-state index in [0.717, 1.165) is 36.8 Å². The molecule has 4 heteroatoms. The maximum atomic E-state index is 10.7. The molecule has 0 N–H and O–H groups in total. The van der Waals surface area contributed by atoms with Crippen LogP contribution < -0.4 is 0 Å². The average molecular weight is 242 g/mol. The molecule has 0 bridgehead atoms. The molecule has 0 saturated heterocycles. The predicted octanol–water partition coefficient (Wildman–Crippen LogP) is 3.07.